The Morgan fingerprint density at radius 2 is 1.00 bits per heavy atom. The summed E-state index contributed by atoms with van der Waals surface area (Å²) in [5, 5.41) is 7.62. The number of fused-ring (bicyclic) bond motifs is 12. The second-order valence-corrected chi connectivity index (χ2v) is 15.7. The third kappa shape index (κ3) is 4.38. The molecule has 9 aromatic carbocycles. The molecule has 3 aromatic heterocycles. The molecule has 0 saturated heterocycles. The topological polar surface area (TPSA) is 12.6 Å². The van der Waals surface area contributed by atoms with Gasteiger partial charge >= 0.3 is 0 Å². The van der Waals surface area contributed by atoms with Gasteiger partial charge in [-0.25, -0.2) is 0 Å². The molecule has 0 amide bonds. The maximum absolute atomic E-state index is 2.49. The first kappa shape index (κ1) is 31.6. The second kappa shape index (κ2) is 11.9. The van der Waals surface area contributed by atoms with Crippen LogP contribution in [0, 0.1) is 0 Å². The van der Waals surface area contributed by atoms with Gasteiger partial charge in [-0.05, 0) is 113 Å². The highest BCUT2D eigenvalue weighted by molar-refractivity contribution is 6.27. The number of hydrogen-bond donors (Lipinski definition) is 0. The molecule has 0 saturated carbocycles. The molecule has 1 aliphatic carbocycles. The molecule has 0 atom stereocenters. The maximum Gasteiger partial charge on any atom is 0.0641 e. The first-order valence-corrected chi connectivity index (χ1v) is 20.1. The average Bonchev–Trinajstić information content (AvgIpc) is 4.03. The Kier molecular flexibility index (Phi) is 6.50. The molecular weight excluding hydrogens is 703 g/mol. The van der Waals surface area contributed by atoms with Crippen molar-refractivity contribution in [3.63, 3.8) is 0 Å². The molecule has 270 valence electrons. The van der Waals surface area contributed by atoms with Crippen molar-refractivity contribution in [1.29, 1.82) is 0 Å². The van der Waals surface area contributed by atoms with Gasteiger partial charge in [-0.2, -0.15) is 0 Å². The van der Waals surface area contributed by atoms with Crippen molar-refractivity contribution >= 4 is 77.0 Å². The predicted molar refractivity (Wildman–Crippen MR) is 244 cm³/mol. The largest absolute Gasteiger partial charge is 0.310 e. The van der Waals surface area contributed by atoms with Crippen LogP contribution in [0.3, 0.4) is 0 Å². The summed E-state index contributed by atoms with van der Waals surface area (Å²) in [6.07, 6.45) is 0.972. The van der Waals surface area contributed by atoms with Crippen molar-refractivity contribution in [2.24, 2.45) is 0 Å². The number of aromatic nitrogens is 2. The number of para-hydroxylation sites is 4. The summed E-state index contributed by atoms with van der Waals surface area (Å²) < 4.78 is 4.85. The predicted octanol–water partition coefficient (Wildman–Crippen LogP) is 14.6. The van der Waals surface area contributed by atoms with Crippen molar-refractivity contribution < 1.29 is 0 Å². The summed E-state index contributed by atoms with van der Waals surface area (Å²) in [5.41, 5.74) is 18.6. The SMILES string of the molecule is c1ccc(-n2c3ccccc3c3cc(-c4ccc(N(c5ccc6c(c5)-c5ccccc5C6)c5ccc6c7ccccc7n7c8ccccc8c5c67)cc4)ccc32)cc1. The number of nitrogens with zero attached hydrogens (tertiary/aromatic N) is 3. The van der Waals surface area contributed by atoms with Crippen LogP contribution in [0.2, 0.25) is 0 Å². The van der Waals surface area contributed by atoms with Gasteiger partial charge in [-0.3, -0.25) is 0 Å². The van der Waals surface area contributed by atoms with Gasteiger partial charge in [0.1, 0.15) is 0 Å². The Morgan fingerprint density at radius 1 is 0.379 bits per heavy atom. The van der Waals surface area contributed by atoms with Gasteiger partial charge < -0.3 is 13.9 Å². The molecule has 0 radical (unpaired) electrons. The fourth-order valence-corrected chi connectivity index (χ4v) is 10.1. The van der Waals surface area contributed by atoms with Crippen LogP contribution in [-0.4, -0.2) is 8.97 Å². The van der Waals surface area contributed by atoms with E-state index in [1.54, 1.807) is 0 Å². The van der Waals surface area contributed by atoms with Crippen molar-refractivity contribution in [3.05, 3.63) is 211 Å². The van der Waals surface area contributed by atoms with Crippen LogP contribution in [0.15, 0.2) is 200 Å². The minimum absolute atomic E-state index is 0.972. The van der Waals surface area contributed by atoms with E-state index in [-0.39, 0.29) is 0 Å². The van der Waals surface area contributed by atoms with E-state index in [1.807, 2.05) is 0 Å². The molecule has 12 aromatic rings. The summed E-state index contributed by atoms with van der Waals surface area (Å²) in [4.78, 5) is 2.49. The lowest BCUT2D eigenvalue weighted by Gasteiger charge is -2.27. The standard InChI is InChI=1S/C55H35N3/c1-2-13-39(14-3-1)57-49-19-9-7-17-44(49)48-33-36(25-30-52(48)57)35-22-26-40(27-23-35)56(41-28-24-38-32-37-12-4-5-15-42(37)47(38)34-41)53-31-29-45-43-16-6-10-20-50(43)58-51-21-11-8-18-46(51)54(53)55(45)58/h1-31,33-34H,32H2. The van der Waals surface area contributed by atoms with E-state index in [0.717, 1.165) is 17.8 Å². The van der Waals surface area contributed by atoms with Gasteiger partial charge in [0, 0.05) is 49.4 Å². The highest BCUT2D eigenvalue weighted by atomic mass is 15.1. The lowest BCUT2D eigenvalue weighted by Crippen LogP contribution is -2.10. The van der Waals surface area contributed by atoms with Crippen LogP contribution in [0.25, 0.3) is 87.8 Å². The molecule has 0 N–H and O–H groups in total. The van der Waals surface area contributed by atoms with Crippen LogP contribution < -0.4 is 4.90 Å². The zero-order chi connectivity index (χ0) is 37.9. The summed E-state index contributed by atoms with van der Waals surface area (Å²) in [6, 6.07) is 73.9. The van der Waals surface area contributed by atoms with Crippen LogP contribution in [0.5, 0.6) is 0 Å². The minimum Gasteiger partial charge on any atom is -0.310 e. The van der Waals surface area contributed by atoms with Gasteiger partial charge in [0.2, 0.25) is 0 Å². The number of benzene rings is 9. The molecule has 3 heterocycles. The van der Waals surface area contributed by atoms with Gasteiger partial charge in [-0.15, -0.1) is 0 Å². The molecule has 3 nitrogen and oxygen atoms in total. The lowest BCUT2D eigenvalue weighted by molar-refractivity contribution is 1.18. The van der Waals surface area contributed by atoms with Crippen LogP contribution in [0.1, 0.15) is 11.1 Å². The fourth-order valence-electron chi connectivity index (χ4n) is 10.1. The van der Waals surface area contributed by atoms with Gasteiger partial charge in [0.15, 0.2) is 0 Å². The van der Waals surface area contributed by atoms with Crippen LogP contribution >= 0.6 is 0 Å². The van der Waals surface area contributed by atoms with E-state index >= 15 is 0 Å². The van der Waals surface area contributed by atoms with Gasteiger partial charge in [0.25, 0.3) is 0 Å². The smallest absolute Gasteiger partial charge is 0.0641 e. The Balaban J connectivity index is 1.01. The number of rotatable bonds is 5. The van der Waals surface area contributed by atoms with E-state index in [2.05, 4.69) is 214 Å². The maximum atomic E-state index is 2.49. The van der Waals surface area contributed by atoms with E-state index in [9.17, 15) is 0 Å². The first-order valence-electron chi connectivity index (χ1n) is 20.1. The zero-order valence-electron chi connectivity index (χ0n) is 31.6. The van der Waals surface area contributed by atoms with E-state index < -0.39 is 0 Å². The van der Waals surface area contributed by atoms with Crippen LogP contribution in [0.4, 0.5) is 17.1 Å². The third-order valence-electron chi connectivity index (χ3n) is 12.7. The van der Waals surface area contributed by atoms with Crippen molar-refractivity contribution in [2.45, 2.75) is 6.42 Å². The molecule has 58 heavy (non-hydrogen) atoms. The second-order valence-electron chi connectivity index (χ2n) is 15.7. The zero-order valence-corrected chi connectivity index (χ0v) is 31.6. The summed E-state index contributed by atoms with van der Waals surface area (Å²) in [6.45, 7) is 0. The van der Waals surface area contributed by atoms with Crippen molar-refractivity contribution in [3.8, 4) is 27.9 Å². The summed E-state index contributed by atoms with van der Waals surface area (Å²) in [7, 11) is 0. The van der Waals surface area contributed by atoms with Gasteiger partial charge in [0.05, 0.1) is 33.3 Å². The van der Waals surface area contributed by atoms with E-state index in [4.69, 9.17) is 0 Å². The van der Waals surface area contributed by atoms with Crippen molar-refractivity contribution in [1.82, 2.24) is 8.97 Å². The molecule has 0 aliphatic heterocycles. The molecule has 0 fully saturated rings. The molecule has 3 heteroatoms. The third-order valence-corrected chi connectivity index (χ3v) is 12.7. The summed E-state index contributed by atoms with van der Waals surface area (Å²) in [5.74, 6) is 0. The molecule has 0 unspecified atom stereocenters. The molecule has 1 aliphatic rings. The molecule has 0 spiro atoms. The number of anilines is 3. The average molecular weight is 738 g/mol. The monoisotopic (exact) mass is 737 g/mol. The fraction of sp³-hybridized carbons (Fsp3) is 0.0182. The quantitative estimate of drug-likeness (QED) is 0.171. The number of hydrogen-bond acceptors (Lipinski definition) is 1. The first-order chi connectivity index (χ1) is 28.8. The Bertz CT molecular complexity index is 3590. The van der Waals surface area contributed by atoms with Gasteiger partial charge in [-0.1, -0.05) is 127 Å². The van der Waals surface area contributed by atoms with E-state index in [1.165, 1.54) is 105 Å². The Labute approximate surface area is 335 Å². The Hall–Kier alpha value is -7.62. The van der Waals surface area contributed by atoms with Crippen molar-refractivity contribution in [2.75, 3.05) is 4.90 Å². The highest BCUT2D eigenvalue weighted by Crippen LogP contribution is 2.49. The molecule has 0 bridgehead atoms. The van der Waals surface area contributed by atoms with E-state index in [0.29, 0.717) is 0 Å². The highest BCUT2D eigenvalue weighted by Gasteiger charge is 2.26. The Morgan fingerprint density at radius 3 is 1.83 bits per heavy atom. The molecular formula is C55H35N3. The molecule has 13 rings (SSSR count). The summed E-state index contributed by atoms with van der Waals surface area (Å²) >= 11 is 0. The lowest BCUT2D eigenvalue weighted by atomic mass is 10.0. The van der Waals surface area contributed by atoms with Crippen LogP contribution in [-0.2, 0) is 6.42 Å². The minimum atomic E-state index is 0.972. The normalized spacial score (nSPS) is 12.4.